The van der Waals surface area contributed by atoms with Crippen LogP contribution in [-0.4, -0.2) is 0 Å². The topological polar surface area (TPSA) is 0 Å². The van der Waals surface area contributed by atoms with E-state index in [1.165, 1.54) is 47.2 Å². The number of fused-ring (bicyclic) bond motifs is 2. The maximum Gasteiger partial charge on any atom is -0.0145 e. The van der Waals surface area contributed by atoms with Crippen LogP contribution in [0.4, 0.5) is 0 Å². The Labute approximate surface area is 134 Å². The Bertz CT molecular complexity index is 716. The first-order chi connectivity index (χ1) is 10.7. The van der Waals surface area contributed by atoms with Gasteiger partial charge in [0.15, 0.2) is 0 Å². The summed E-state index contributed by atoms with van der Waals surface area (Å²) in [6.45, 7) is 7.04. The summed E-state index contributed by atoms with van der Waals surface area (Å²) in [6, 6.07) is 20.1. The van der Waals surface area contributed by atoms with Crippen molar-refractivity contribution in [3.05, 3.63) is 60.2 Å². The normalized spacial score (nSPS) is 12.1. The zero-order chi connectivity index (χ0) is 15.6. The Morgan fingerprint density at radius 2 is 1.14 bits per heavy atom. The average Bonchev–Trinajstić information content (AvgIpc) is 2.59. The number of rotatable bonds is 5. The Balaban J connectivity index is 2.28. The monoisotopic (exact) mass is 290 g/mol. The molecule has 0 aromatic heterocycles. The van der Waals surface area contributed by atoms with Gasteiger partial charge in [-0.15, -0.1) is 0 Å². The van der Waals surface area contributed by atoms with Gasteiger partial charge < -0.3 is 0 Å². The minimum absolute atomic E-state index is 0.424. The molecule has 0 unspecified atom stereocenters. The molecule has 0 spiro atoms. The summed E-state index contributed by atoms with van der Waals surface area (Å²) in [6.07, 6.45) is 4.92. The van der Waals surface area contributed by atoms with Crippen molar-refractivity contribution in [1.82, 2.24) is 0 Å². The van der Waals surface area contributed by atoms with Gasteiger partial charge in [0.25, 0.3) is 0 Å². The predicted octanol–water partition coefficient (Wildman–Crippen LogP) is 6.75. The van der Waals surface area contributed by atoms with Crippen LogP contribution in [0.25, 0.3) is 21.5 Å². The molecule has 0 N–H and O–H groups in total. The van der Waals surface area contributed by atoms with E-state index in [1.807, 2.05) is 0 Å². The molecule has 22 heavy (non-hydrogen) atoms. The van der Waals surface area contributed by atoms with Gasteiger partial charge >= 0.3 is 0 Å². The van der Waals surface area contributed by atoms with Crippen LogP contribution in [0, 0.1) is 5.41 Å². The van der Waals surface area contributed by atoms with Crippen LogP contribution in [0.1, 0.15) is 45.6 Å². The SMILES string of the molecule is CCC(CC)(CC)Cc1c2ccccc2cc2ccccc12. The molecule has 0 heterocycles. The molecule has 0 nitrogen and oxygen atoms in total. The van der Waals surface area contributed by atoms with Gasteiger partial charge in [-0.25, -0.2) is 0 Å². The molecule has 3 aromatic rings. The van der Waals surface area contributed by atoms with Crippen molar-refractivity contribution >= 4 is 21.5 Å². The molecule has 3 aromatic carbocycles. The smallest absolute Gasteiger partial charge is 0.0145 e. The fourth-order valence-corrected chi connectivity index (χ4v) is 3.80. The summed E-state index contributed by atoms with van der Waals surface area (Å²) >= 11 is 0. The van der Waals surface area contributed by atoms with Crippen LogP contribution in [0.2, 0.25) is 0 Å². The Morgan fingerprint density at radius 3 is 1.59 bits per heavy atom. The molecule has 0 bridgehead atoms. The third kappa shape index (κ3) is 2.52. The van der Waals surface area contributed by atoms with E-state index in [2.05, 4.69) is 75.4 Å². The highest BCUT2D eigenvalue weighted by Crippen LogP contribution is 2.39. The van der Waals surface area contributed by atoms with E-state index in [0.717, 1.165) is 0 Å². The number of hydrogen-bond acceptors (Lipinski definition) is 0. The van der Waals surface area contributed by atoms with E-state index in [4.69, 9.17) is 0 Å². The van der Waals surface area contributed by atoms with Crippen LogP contribution >= 0.6 is 0 Å². The fraction of sp³-hybridized carbons (Fsp3) is 0.364. The van der Waals surface area contributed by atoms with Gasteiger partial charge in [-0.2, -0.15) is 0 Å². The average molecular weight is 290 g/mol. The molecule has 114 valence electrons. The van der Waals surface area contributed by atoms with Crippen molar-refractivity contribution in [2.24, 2.45) is 5.41 Å². The number of benzene rings is 3. The molecule has 0 radical (unpaired) electrons. The maximum atomic E-state index is 2.35. The summed E-state index contributed by atoms with van der Waals surface area (Å²) < 4.78 is 0. The van der Waals surface area contributed by atoms with E-state index in [0.29, 0.717) is 5.41 Å². The van der Waals surface area contributed by atoms with Crippen LogP contribution in [0.15, 0.2) is 54.6 Å². The van der Waals surface area contributed by atoms with Crippen molar-refractivity contribution in [2.45, 2.75) is 46.5 Å². The quantitative estimate of drug-likeness (QED) is 0.456. The van der Waals surface area contributed by atoms with Crippen LogP contribution in [0.5, 0.6) is 0 Å². The second kappa shape index (κ2) is 6.12. The first kappa shape index (κ1) is 15.1. The lowest BCUT2D eigenvalue weighted by atomic mass is 9.73. The van der Waals surface area contributed by atoms with E-state index < -0.39 is 0 Å². The van der Waals surface area contributed by atoms with Gasteiger partial charge in [0.2, 0.25) is 0 Å². The Morgan fingerprint density at radius 1 is 0.682 bits per heavy atom. The lowest BCUT2D eigenvalue weighted by molar-refractivity contribution is 0.250. The molecule has 0 atom stereocenters. The number of hydrogen-bond donors (Lipinski definition) is 0. The van der Waals surface area contributed by atoms with E-state index in [-0.39, 0.29) is 0 Å². The summed E-state index contributed by atoms with van der Waals surface area (Å²) in [5, 5.41) is 5.60. The highest BCUT2D eigenvalue weighted by molar-refractivity contribution is 6.02. The van der Waals surface area contributed by atoms with Crippen molar-refractivity contribution < 1.29 is 0 Å². The molecule has 0 aliphatic carbocycles. The third-order valence-corrected chi connectivity index (χ3v) is 5.68. The Hall–Kier alpha value is -1.82. The molecule has 0 saturated heterocycles. The van der Waals surface area contributed by atoms with Gasteiger partial charge in [-0.1, -0.05) is 88.6 Å². The summed E-state index contributed by atoms with van der Waals surface area (Å²) in [5.74, 6) is 0. The van der Waals surface area contributed by atoms with Crippen LogP contribution in [-0.2, 0) is 6.42 Å². The van der Waals surface area contributed by atoms with Crippen molar-refractivity contribution in [3.8, 4) is 0 Å². The lowest BCUT2D eigenvalue weighted by Crippen LogP contribution is -2.21. The molecule has 0 saturated carbocycles. The van der Waals surface area contributed by atoms with E-state index in [1.54, 1.807) is 5.56 Å². The molecular formula is C22H26. The van der Waals surface area contributed by atoms with Gasteiger partial charge in [-0.3, -0.25) is 0 Å². The molecule has 0 amide bonds. The zero-order valence-electron chi connectivity index (χ0n) is 14.0. The molecule has 3 rings (SSSR count). The second-order valence-electron chi connectivity index (χ2n) is 6.53. The Kier molecular flexibility index (Phi) is 4.20. The summed E-state index contributed by atoms with van der Waals surface area (Å²) in [4.78, 5) is 0. The molecule has 0 heteroatoms. The molecule has 0 aliphatic rings. The molecule has 0 aliphatic heterocycles. The summed E-state index contributed by atoms with van der Waals surface area (Å²) in [7, 11) is 0. The molecule has 0 fully saturated rings. The minimum Gasteiger partial charge on any atom is -0.0648 e. The highest BCUT2D eigenvalue weighted by atomic mass is 14.3. The molecular weight excluding hydrogens is 264 g/mol. The van der Waals surface area contributed by atoms with Crippen molar-refractivity contribution in [3.63, 3.8) is 0 Å². The minimum atomic E-state index is 0.424. The fourth-order valence-electron chi connectivity index (χ4n) is 3.80. The van der Waals surface area contributed by atoms with E-state index >= 15 is 0 Å². The standard InChI is InChI=1S/C22H26/c1-4-22(5-2,6-3)16-21-19-13-9-7-11-17(19)15-18-12-8-10-14-20(18)21/h7-15H,4-6,16H2,1-3H3. The van der Waals surface area contributed by atoms with Crippen LogP contribution < -0.4 is 0 Å². The van der Waals surface area contributed by atoms with Gasteiger partial charge in [0.1, 0.15) is 0 Å². The summed E-state index contributed by atoms with van der Waals surface area (Å²) in [5.41, 5.74) is 1.96. The zero-order valence-corrected chi connectivity index (χ0v) is 14.0. The van der Waals surface area contributed by atoms with Gasteiger partial charge in [0, 0.05) is 0 Å². The van der Waals surface area contributed by atoms with E-state index in [9.17, 15) is 0 Å². The first-order valence-corrected chi connectivity index (χ1v) is 8.62. The maximum absolute atomic E-state index is 2.35. The van der Waals surface area contributed by atoms with Crippen LogP contribution in [0.3, 0.4) is 0 Å². The van der Waals surface area contributed by atoms with Gasteiger partial charge in [-0.05, 0) is 45.0 Å². The van der Waals surface area contributed by atoms with Crippen molar-refractivity contribution in [1.29, 1.82) is 0 Å². The van der Waals surface area contributed by atoms with Gasteiger partial charge in [0.05, 0.1) is 0 Å². The lowest BCUT2D eigenvalue weighted by Gasteiger charge is -2.31. The highest BCUT2D eigenvalue weighted by Gasteiger charge is 2.26. The third-order valence-electron chi connectivity index (χ3n) is 5.68. The largest absolute Gasteiger partial charge is 0.0648 e. The predicted molar refractivity (Wildman–Crippen MR) is 98.5 cm³/mol. The van der Waals surface area contributed by atoms with Crippen molar-refractivity contribution in [2.75, 3.05) is 0 Å². The first-order valence-electron chi connectivity index (χ1n) is 8.62. The second-order valence-corrected chi connectivity index (χ2v) is 6.53.